The molecule has 0 bridgehead atoms. The molecule has 45 valence electrons. The van der Waals surface area contributed by atoms with Gasteiger partial charge in [-0.3, -0.25) is 5.32 Å². The third-order valence-electron chi connectivity index (χ3n) is 1.27. The van der Waals surface area contributed by atoms with E-state index in [2.05, 4.69) is 24.1 Å². The van der Waals surface area contributed by atoms with Crippen molar-refractivity contribution in [2.75, 3.05) is 6.67 Å². The molecule has 1 heterocycles. The van der Waals surface area contributed by atoms with Crippen molar-refractivity contribution in [3.05, 3.63) is 12.4 Å². The monoisotopic (exact) mass is 111 g/mol. The zero-order valence-corrected chi connectivity index (χ0v) is 5.33. The molecule has 0 aromatic heterocycles. The average molecular weight is 111 g/mol. The van der Waals surface area contributed by atoms with Crippen LogP contribution in [0.5, 0.6) is 0 Å². The molecule has 0 saturated heterocycles. The van der Waals surface area contributed by atoms with Crippen molar-refractivity contribution in [1.82, 2.24) is 10.2 Å². The van der Waals surface area contributed by atoms with Gasteiger partial charge in [0.2, 0.25) is 0 Å². The van der Waals surface area contributed by atoms with E-state index < -0.39 is 0 Å². The summed E-state index contributed by atoms with van der Waals surface area (Å²) in [5.41, 5.74) is 0. The van der Waals surface area contributed by atoms with Crippen LogP contribution in [0.2, 0.25) is 0 Å². The lowest BCUT2D eigenvalue weighted by Crippen LogP contribution is -2.25. The Hall–Kier alpha value is -0.660. The Kier molecular flexibility index (Phi) is 1.42. The Morgan fingerprint density at radius 3 is 2.62 bits per heavy atom. The number of hydrogen-bond donors (Lipinski definition) is 0. The first-order chi connectivity index (χ1) is 3.80. The van der Waals surface area contributed by atoms with Crippen LogP contribution in [-0.4, -0.2) is 17.6 Å². The van der Waals surface area contributed by atoms with Crippen molar-refractivity contribution < 1.29 is 0 Å². The van der Waals surface area contributed by atoms with Gasteiger partial charge in [-0.25, -0.2) is 0 Å². The fraction of sp³-hybridized carbons (Fsp3) is 0.667. The fourth-order valence-electron chi connectivity index (χ4n) is 0.657. The van der Waals surface area contributed by atoms with Crippen LogP contribution < -0.4 is 5.32 Å². The molecule has 1 radical (unpaired) electrons. The van der Waals surface area contributed by atoms with Gasteiger partial charge in [-0.05, 0) is 13.8 Å². The lowest BCUT2D eigenvalue weighted by molar-refractivity contribution is 0.323. The van der Waals surface area contributed by atoms with Gasteiger partial charge in [0.25, 0.3) is 0 Å². The normalized spacial score (nSPS) is 17.6. The number of rotatable bonds is 1. The van der Waals surface area contributed by atoms with Gasteiger partial charge < -0.3 is 4.90 Å². The first-order valence-corrected chi connectivity index (χ1v) is 2.90. The molecule has 2 heteroatoms. The molecule has 0 aliphatic carbocycles. The third kappa shape index (κ3) is 0.941. The minimum Gasteiger partial charge on any atom is -0.354 e. The molecule has 8 heavy (non-hydrogen) atoms. The van der Waals surface area contributed by atoms with Crippen LogP contribution in [0.3, 0.4) is 0 Å². The van der Waals surface area contributed by atoms with E-state index in [1.54, 1.807) is 0 Å². The zero-order chi connectivity index (χ0) is 5.98. The molecule has 0 saturated carbocycles. The van der Waals surface area contributed by atoms with Crippen molar-refractivity contribution in [3.8, 4) is 0 Å². The smallest absolute Gasteiger partial charge is 0.110 e. The lowest BCUT2D eigenvalue weighted by Gasteiger charge is -2.17. The molecule has 1 rings (SSSR count). The summed E-state index contributed by atoms with van der Waals surface area (Å²) in [5, 5.41) is 4.03. The Bertz CT molecular complexity index is 96.7. The standard InChI is InChI=1S/C6H11N2/c1-6(2)8-4-3-7-5-8/h3-4,6H,5H2,1-2H3. The lowest BCUT2D eigenvalue weighted by atomic mass is 10.4. The van der Waals surface area contributed by atoms with Crippen LogP contribution in [-0.2, 0) is 0 Å². The van der Waals surface area contributed by atoms with Gasteiger partial charge in [-0.2, -0.15) is 0 Å². The molecule has 0 fully saturated rings. The second kappa shape index (κ2) is 2.07. The van der Waals surface area contributed by atoms with Crippen molar-refractivity contribution in [1.29, 1.82) is 0 Å². The summed E-state index contributed by atoms with van der Waals surface area (Å²) in [7, 11) is 0. The van der Waals surface area contributed by atoms with Gasteiger partial charge in [0.1, 0.15) is 6.67 Å². The maximum atomic E-state index is 4.03. The van der Waals surface area contributed by atoms with E-state index in [1.807, 2.05) is 12.4 Å². The Labute approximate surface area is 50.2 Å². The zero-order valence-electron chi connectivity index (χ0n) is 5.33. The summed E-state index contributed by atoms with van der Waals surface area (Å²) in [4.78, 5) is 2.18. The van der Waals surface area contributed by atoms with E-state index in [4.69, 9.17) is 0 Å². The maximum Gasteiger partial charge on any atom is 0.110 e. The van der Waals surface area contributed by atoms with Gasteiger partial charge >= 0.3 is 0 Å². The van der Waals surface area contributed by atoms with Gasteiger partial charge in [0.05, 0.1) is 0 Å². The molecule has 1 aliphatic rings. The Balaban J connectivity index is 2.36. The van der Waals surface area contributed by atoms with Gasteiger partial charge in [0, 0.05) is 18.4 Å². The predicted octanol–water partition coefficient (Wildman–Crippen LogP) is 0.743. The van der Waals surface area contributed by atoms with E-state index >= 15 is 0 Å². The Morgan fingerprint density at radius 1 is 1.62 bits per heavy atom. The molecule has 0 aromatic rings. The molecular weight excluding hydrogens is 100 g/mol. The summed E-state index contributed by atoms with van der Waals surface area (Å²) in [6.07, 6.45) is 3.87. The van der Waals surface area contributed by atoms with E-state index in [-0.39, 0.29) is 0 Å². The number of hydrogen-bond acceptors (Lipinski definition) is 1. The molecule has 2 nitrogen and oxygen atoms in total. The summed E-state index contributed by atoms with van der Waals surface area (Å²) in [6, 6.07) is 0.595. The first kappa shape index (κ1) is 5.48. The topological polar surface area (TPSA) is 17.3 Å². The summed E-state index contributed by atoms with van der Waals surface area (Å²) < 4.78 is 0. The average Bonchev–Trinajstić information content (AvgIpc) is 2.12. The largest absolute Gasteiger partial charge is 0.354 e. The van der Waals surface area contributed by atoms with E-state index in [9.17, 15) is 0 Å². The summed E-state index contributed by atoms with van der Waals surface area (Å²) >= 11 is 0. The van der Waals surface area contributed by atoms with Gasteiger partial charge in [0.15, 0.2) is 0 Å². The number of nitrogens with zero attached hydrogens (tertiary/aromatic N) is 2. The van der Waals surface area contributed by atoms with Crippen LogP contribution in [0.25, 0.3) is 0 Å². The molecule has 0 N–H and O–H groups in total. The van der Waals surface area contributed by atoms with Gasteiger partial charge in [-0.15, -0.1) is 0 Å². The molecular formula is C6H11N2. The first-order valence-electron chi connectivity index (χ1n) is 2.90. The highest BCUT2D eigenvalue weighted by molar-refractivity contribution is 4.88. The van der Waals surface area contributed by atoms with Crippen LogP contribution in [0.15, 0.2) is 12.4 Å². The highest BCUT2D eigenvalue weighted by Crippen LogP contribution is 2.01. The quantitative estimate of drug-likeness (QED) is 0.488. The molecule has 1 aliphatic heterocycles. The van der Waals surface area contributed by atoms with Crippen LogP contribution >= 0.6 is 0 Å². The van der Waals surface area contributed by atoms with Crippen molar-refractivity contribution in [2.24, 2.45) is 0 Å². The minimum atomic E-state index is 0.595. The highest BCUT2D eigenvalue weighted by atomic mass is 15.3. The van der Waals surface area contributed by atoms with Gasteiger partial charge in [-0.1, -0.05) is 0 Å². The molecule has 0 atom stereocenters. The molecule has 0 unspecified atom stereocenters. The van der Waals surface area contributed by atoms with Crippen molar-refractivity contribution in [2.45, 2.75) is 19.9 Å². The summed E-state index contributed by atoms with van der Waals surface area (Å²) in [6.45, 7) is 5.16. The molecule has 0 amide bonds. The van der Waals surface area contributed by atoms with E-state index in [0.717, 1.165) is 6.67 Å². The SMILES string of the molecule is CC(C)N1C=C[N]C1. The minimum absolute atomic E-state index is 0.595. The third-order valence-corrected chi connectivity index (χ3v) is 1.27. The highest BCUT2D eigenvalue weighted by Gasteiger charge is 2.06. The second-order valence-corrected chi connectivity index (χ2v) is 2.23. The van der Waals surface area contributed by atoms with Crippen LogP contribution in [0.1, 0.15) is 13.8 Å². The second-order valence-electron chi connectivity index (χ2n) is 2.23. The van der Waals surface area contributed by atoms with Crippen LogP contribution in [0, 0.1) is 0 Å². The van der Waals surface area contributed by atoms with E-state index in [0.29, 0.717) is 6.04 Å². The van der Waals surface area contributed by atoms with Crippen molar-refractivity contribution >= 4 is 0 Å². The van der Waals surface area contributed by atoms with E-state index in [1.165, 1.54) is 0 Å². The fourth-order valence-corrected chi connectivity index (χ4v) is 0.657. The maximum absolute atomic E-state index is 4.03. The Morgan fingerprint density at radius 2 is 2.38 bits per heavy atom. The predicted molar refractivity (Wildman–Crippen MR) is 33.1 cm³/mol. The summed E-state index contributed by atoms with van der Waals surface area (Å²) in [5.74, 6) is 0. The van der Waals surface area contributed by atoms with Crippen LogP contribution in [0.4, 0.5) is 0 Å². The molecule has 0 aromatic carbocycles. The molecule has 0 spiro atoms. The van der Waals surface area contributed by atoms with Crippen molar-refractivity contribution in [3.63, 3.8) is 0 Å².